The lowest BCUT2D eigenvalue weighted by molar-refractivity contribution is -0.137. The molecule has 0 aliphatic carbocycles. The second-order valence-electron chi connectivity index (χ2n) is 6.15. The first-order valence-corrected chi connectivity index (χ1v) is 8.37. The Hall–Kier alpha value is -3.10. The molecule has 0 saturated carbocycles. The number of amides is 1. The number of ether oxygens (including phenoxy) is 1. The SMILES string of the molecule is O=C(O)CCC(CCC(=O)O)(CCC(=O)O)NC(=O)OCc1ccccc1. The molecular formula is C18H23NO8. The molecule has 4 N–H and O–H groups in total. The van der Waals surface area contributed by atoms with Crippen LogP contribution in [0.5, 0.6) is 0 Å². The van der Waals surface area contributed by atoms with Crippen LogP contribution in [0.1, 0.15) is 44.1 Å². The van der Waals surface area contributed by atoms with E-state index in [9.17, 15) is 19.2 Å². The van der Waals surface area contributed by atoms with E-state index < -0.39 is 29.5 Å². The molecule has 0 bridgehead atoms. The van der Waals surface area contributed by atoms with Crippen molar-refractivity contribution in [1.29, 1.82) is 0 Å². The molecule has 148 valence electrons. The average molecular weight is 381 g/mol. The fourth-order valence-corrected chi connectivity index (χ4v) is 2.58. The van der Waals surface area contributed by atoms with Crippen molar-refractivity contribution in [3.8, 4) is 0 Å². The summed E-state index contributed by atoms with van der Waals surface area (Å²) in [4.78, 5) is 45.0. The van der Waals surface area contributed by atoms with E-state index in [1.807, 2.05) is 0 Å². The number of benzene rings is 1. The van der Waals surface area contributed by atoms with Gasteiger partial charge >= 0.3 is 24.0 Å². The Balaban J connectivity index is 2.85. The Labute approximate surface area is 156 Å². The molecule has 0 aliphatic heterocycles. The van der Waals surface area contributed by atoms with E-state index in [1.165, 1.54) is 0 Å². The van der Waals surface area contributed by atoms with E-state index in [0.29, 0.717) is 0 Å². The summed E-state index contributed by atoms with van der Waals surface area (Å²) in [5, 5.41) is 29.3. The van der Waals surface area contributed by atoms with Gasteiger partial charge in [-0.25, -0.2) is 4.79 Å². The van der Waals surface area contributed by atoms with Gasteiger partial charge in [0.05, 0.1) is 0 Å². The van der Waals surface area contributed by atoms with Gasteiger partial charge in [0.25, 0.3) is 0 Å². The van der Waals surface area contributed by atoms with Crippen molar-refractivity contribution < 1.29 is 39.2 Å². The smallest absolute Gasteiger partial charge is 0.407 e. The summed E-state index contributed by atoms with van der Waals surface area (Å²) in [5.74, 6) is -3.40. The summed E-state index contributed by atoms with van der Waals surface area (Å²) in [5.41, 5.74) is -0.567. The highest BCUT2D eigenvalue weighted by Crippen LogP contribution is 2.26. The minimum atomic E-state index is -1.30. The lowest BCUT2D eigenvalue weighted by Gasteiger charge is -2.33. The standard InChI is InChI=1S/C18H23NO8/c20-14(21)6-9-18(10-7-15(22)23,11-8-16(24)25)19-17(26)27-12-13-4-2-1-3-5-13/h1-5H,6-12H2,(H,19,26)(H,20,21)(H,22,23)(H,24,25). The van der Waals surface area contributed by atoms with Crippen LogP contribution in [0, 0.1) is 0 Å². The van der Waals surface area contributed by atoms with Crippen molar-refractivity contribution in [2.45, 2.75) is 50.7 Å². The maximum Gasteiger partial charge on any atom is 0.407 e. The lowest BCUT2D eigenvalue weighted by atomic mass is 9.83. The van der Waals surface area contributed by atoms with E-state index in [2.05, 4.69) is 5.32 Å². The minimum Gasteiger partial charge on any atom is -0.481 e. The molecule has 1 aromatic carbocycles. The zero-order chi connectivity index (χ0) is 20.3. The largest absolute Gasteiger partial charge is 0.481 e. The molecule has 0 aromatic heterocycles. The first kappa shape index (κ1) is 21.9. The molecule has 0 aliphatic rings. The van der Waals surface area contributed by atoms with Crippen molar-refractivity contribution >= 4 is 24.0 Å². The zero-order valence-electron chi connectivity index (χ0n) is 14.7. The van der Waals surface area contributed by atoms with E-state index in [1.54, 1.807) is 30.3 Å². The fourth-order valence-electron chi connectivity index (χ4n) is 2.58. The topological polar surface area (TPSA) is 150 Å². The van der Waals surface area contributed by atoms with E-state index >= 15 is 0 Å². The minimum absolute atomic E-state index is 0.0282. The van der Waals surface area contributed by atoms with Crippen molar-refractivity contribution in [2.24, 2.45) is 0 Å². The van der Waals surface area contributed by atoms with Crippen LogP contribution in [0.2, 0.25) is 0 Å². The van der Waals surface area contributed by atoms with E-state index in [-0.39, 0.29) is 45.1 Å². The number of rotatable bonds is 12. The van der Waals surface area contributed by atoms with Gasteiger partial charge in [-0.3, -0.25) is 14.4 Å². The number of nitrogens with one attached hydrogen (secondary N) is 1. The highest BCUT2D eigenvalue weighted by molar-refractivity contribution is 5.71. The molecule has 0 unspecified atom stereocenters. The number of aliphatic carboxylic acids is 3. The van der Waals surface area contributed by atoms with Gasteiger partial charge in [-0.15, -0.1) is 0 Å². The summed E-state index contributed by atoms with van der Waals surface area (Å²) in [6, 6.07) is 8.85. The third kappa shape index (κ3) is 9.24. The van der Waals surface area contributed by atoms with Crippen molar-refractivity contribution in [1.82, 2.24) is 5.32 Å². The molecular weight excluding hydrogens is 358 g/mol. The molecule has 27 heavy (non-hydrogen) atoms. The third-order valence-corrected chi connectivity index (χ3v) is 4.03. The predicted octanol–water partition coefficient (Wildman–Crippen LogP) is 2.25. The Morgan fingerprint density at radius 2 is 1.26 bits per heavy atom. The van der Waals surface area contributed by atoms with Crippen molar-refractivity contribution in [3.05, 3.63) is 35.9 Å². The van der Waals surface area contributed by atoms with E-state index in [0.717, 1.165) is 5.56 Å². The number of hydrogen-bond acceptors (Lipinski definition) is 5. The first-order valence-electron chi connectivity index (χ1n) is 8.37. The number of carbonyl (C=O) groups excluding carboxylic acids is 1. The van der Waals surface area contributed by atoms with Gasteiger partial charge < -0.3 is 25.4 Å². The summed E-state index contributed by atoms with van der Waals surface area (Å²) in [7, 11) is 0. The van der Waals surface area contributed by atoms with Gasteiger partial charge in [0.15, 0.2) is 0 Å². The monoisotopic (exact) mass is 381 g/mol. The molecule has 0 fully saturated rings. The third-order valence-electron chi connectivity index (χ3n) is 4.03. The number of carbonyl (C=O) groups is 4. The Bertz CT molecular complexity index is 613. The summed E-state index contributed by atoms with van der Waals surface area (Å²) < 4.78 is 5.11. The van der Waals surface area contributed by atoms with Gasteiger partial charge in [-0.1, -0.05) is 30.3 Å². The molecule has 0 atom stereocenters. The molecule has 9 nitrogen and oxygen atoms in total. The number of hydrogen-bond donors (Lipinski definition) is 4. The maximum atomic E-state index is 12.2. The van der Waals surface area contributed by atoms with Gasteiger partial charge in [0.2, 0.25) is 0 Å². The summed E-state index contributed by atoms with van der Waals surface area (Å²) in [6.07, 6.45) is -2.23. The first-order chi connectivity index (χ1) is 12.7. The van der Waals surface area contributed by atoms with Gasteiger partial charge in [-0.05, 0) is 24.8 Å². The highest BCUT2D eigenvalue weighted by atomic mass is 16.5. The summed E-state index contributed by atoms with van der Waals surface area (Å²) >= 11 is 0. The van der Waals surface area contributed by atoms with Crippen LogP contribution in [0.3, 0.4) is 0 Å². The molecule has 1 aromatic rings. The Morgan fingerprint density at radius 3 is 1.67 bits per heavy atom. The fraction of sp³-hybridized carbons (Fsp3) is 0.444. The quantitative estimate of drug-likeness (QED) is 0.430. The van der Waals surface area contributed by atoms with Crippen molar-refractivity contribution in [2.75, 3.05) is 0 Å². The van der Waals surface area contributed by atoms with Crippen LogP contribution in [0.25, 0.3) is 0 Å². The van der Waals surface area contributed by atoms with Crippen LogP contribution < -0.4 is 5.32 Å². The zero-order valence-corrected chi connectivity index (χ0v) is 14.7. The van der Waals surface area contributed by atoms with Gasteiger partial charge in [0.1, 0.15) is 6.61 Å². The molecule has 0 radical (unpaired) electrons. The van der Waals surface area contributed by atoms with Crippen LogP contribution in [0.15, 0.2) is 30.3 Å². The number of carboxylic acid groups (broad SMARTS) is 3. The Morgan fingerprint density at radius 1 is 0.815 bits per heavy atom. The number of alkyl carbamates (subject to hydrolysis) is 1. The van der Waals surface area contributed by atoms with Crippen LogP contribution in [-0.2, 0) is 25.7 Å². The molecule has 0 spiro atoms. The molecule has 1 rings (SSSR count). The van der Waals surface area contributed by atoms with Crippen LogP contribution >= 0.6 is 0 Å². The maximum absolute atomic E-state index is 12.2. The average Bonchev–Trinajstić information content (AvgIpc) is 2.62. The molecule has 9 heteroatoms. The second kappa shape index (κ2) is 10.8. The van der Waals surface area contributed by atoms with Gasteiger partial charge in [-0.2, -0.15) is 0 Å². The second-order valence-corrected chi connectivity index (χ2v) is 6.15. The molecule has 0 saturated heterocycles. The van der Waals surface area contributed by atoms with Crippen molar-refractivity contribution in [3.63, 3.8) is 0 Å². The lowest BCUT2D eigenvalue weighted by Crippen LogP contribution is -2.49. The Kier molecular flexibility index (Phi) is 8.77. The van der Waals surface area contributed by atoms with Gasteiger partial charge in [0, 0.05) is 24.8 Å². The van der Waals surface area contributed by atoms with Crippen LogP contribution in [-0.4, -0.2) is 44.9 Å². The molecule has 1 amide bonds. The predicted molar refractivity (Wildman–Crippen MR) is 93.1 cm³/mol. The van der Waals surface area contributed by atoms with E-state index in [4.69, 9.17) is 20.1 Å². The van der Waals surface area contributed by atoms with Crippen LogP contribution in [0.4, 0.5) is 4.79 Å². The number of carboxylic acids is 3. The summed E-state index contributed by atoms with van der Waals surface area (Å²) in [6.45, 7) is -0.0282. The highest BCUT2D eigenvalue weighted by Gasteiger charge is 2.34. The normalized spacial score (nSPS) is 10.8. The molecule has 0 heterocycles.